The molecule has 0 bridgehead atoms. The van der Waals surface area contributed by atoms with Crippen molar-refractivity contribution >= 4 is 40.3 Å². The van der Waals surface area contributed by atoms with Crippen LogP contribution in [0.15, 0.2) is 47.4 Å². The Hall–Kier alpha value is -2.31. The van der Waals surface area contributed by atoms with Crippen LogP contribution in [-0.2, 0) is 17.6 Å². The third-order valence-corrected chi connectivity index (χ3v) is 6.01. The van der Waals surface area contributed by atoms with E-state index in [-0.39, 0.29) is 5.91 Å². The molecule has 1 aliphatic rings. The zero-order valence-electron chi connectivity index (χ0n) is 16.2. The number of hydrogen-bond donors (Lipinski definition) is 0. The number of carbonyl (C=O) groups is 1. The van der Waals surface area contributed by atoms with Crippen LogP contribution in [0.1, 0.15) is 23.6 Å². The number of aryl methyl sites for hydroxylation is 1. The summed E-state index contributed by atoms with van der Waals surface area (Å²) in [6.45, 7) is 2.66. The maximum Gasteiger partial charge on any atom is 0.266 e. The Morgan fingerprint density at radius 2 is 1.71 bits per heavy atom. The standard InChI is InChI=1S/C22H23NO3S2/c1-4-15-5-7-16(8-6-15)14-20-21(24)23(22(27)28-20)12-11-17-9-10-18(25-2)19(13-17)26-3/h5-10,13-14H,4,11-12H2,1-3H3/b20-14-. The van der Waals surface area contributed by atoms with Crippen molar-refractivity contribution in [2.75, 3.05) is 20.8 Å². The van der Waals surface area contributed by atoms with Crippen molar-refractivity contribution in [1.29, 1.82) is 0 Å². The van der Waals surface area contributed by atoms with Gasteiger partial charge in [-0.25, -0.2) is 0 Å². The van der Waals surface area contributed by atoms with Gasteiger partial charge in [0.25, 0.3) is 5.91 Å². The third-order valence-electron chi connectivity index (χ3n) is 4.63. The molecule has 0 radical (unpaired) electrons. The number of thiocarbonyl (C=S) groups is 1. The molecule has 0 N–H and O–H groups in total. The number of benzene rings is 2. The third kappa shape index (κ3) is 4.56. The minimum Gasteiger partial charge on any atom is -0.493 e. The normalized spacial score (nSPS) is 15.4. The molecule has 0 unspecified atom stereocenters. The number of carbonyl (C=O) groups excluding carboxylic acids is 1. The number of thioether (sulfide) groups is 1. The minimum absolute atomic E-state index is 0.0324. The molecule has 1 amide bonds. The van der Waals surface area contributed by atoms with Crippen LogP contribution in [0.5, 0.6) is 11.5 Å². The molecule has 28 heavy (non-hydrogen) atoms. The van der Waals surface area contributed by atoms with E-state index in [4.69, 9.17) is 21.7 Å². The molecule has 1 fully saturated rings. The van der Waals surface area contributed by atoms with Crippen LogP contribution in [0.3, 0.4) is 0 Å². The second-order valence-electron chi connectivity index (χ2n) is 6.37. The van der Waals surface area contributed by atoms with Crippen molar-refractivity contribution in [3.63, 3.8) is 0 Å². The van der Waals surface area contributed by atoms with Gasteiger partial charge in [-0.2, -0.15) is 0 Å². The Morgan fingerprint density at radius 1 is 1.04 bits per heavy atom. The van der Waals surface area contributed by atoms with Gasteiger partial charge in [0.1, 0.15) is 4.32 Å². The van der Waals surface area contributed by atoms with Crippen LogP contribution in [0.2, 0.25) is 0 Å². The Balaban J connectivity index is 1.69. The van der Waals surface area contributed by atoms with E-state index in [1.807, 2.05) is 36.4 Å². The number of ether oxygens (including phenoxy) is 2. The van der Waals surface area contributed by atoms with Crippen LogP contribution in [-0.4, -0.2) is 35.9 Å². The molecule has 1 heterocycles. The summed E-state index contributed by atoms with van der Waals surface area (Å²) in [4.78, 5) is 15.1. The molecule has 0 atom stereocenters. The quantitative estimate of drug-likeness (QED) is 0.486. The first-order valence-corrected chi connectivity index (χ1v) is 10.3. The highest BCUT2D eigenvalue weighted by Gasteiger charge is 2.31. The summed E-state index contributed by atoms with van der Waals surface area (Å²) in [5, 5.41) is 0. The fourth-order valence-electron chi connectivity index (χ4n) is 2.97. The molecule has 3 rings (SSSR count). The largest absolute Gasteiger partial charge is 0.493 e. The van der Waals surface area contributed by atoms with Gasteiger partial charge in [0.2, 0.25) is 0 Å². The molecule has 0 aromatic heterocycles. The first-order chi connectivity index (χ1) is 13.5. The van der Waals surface area contributed by atoms with Crippen molar-refractivity contribution in [2.45, 2.75) is 19.8 Å². The summed E-state index contributed by atoms with van der Waals surface area (Å²) in [7, 11) is 3.22. The molecule has 6 heteroatoms. The van der Waals surface area contributed by atoms with E-state index in [0.717, 1.165) is 17.5 Å². The molecule has 4 nitrogen and oxygen atoms in total. The summed E-state index contributed by atoms with van der Waals surface area (Å²) in [5.41, 5.74) is 3.35. The lowest BCUT2D eigenvalue weighted by molar-refractivity contribution is -0.122. The maximum atomic E-state index is 12.8. The smallest absolute Gasteiger partial charge is 0.266 e. The van der Waals surface area contributed by atoms with E-state index in [0.29, 0.717) is 33.7 Å². The van der Waals surface area contributed by atoms with Gasteiger partial charge in [-0.1, -0.05) is 61.2 Å². The summed E-state index contributed by atoms with van der Waals surface area (Å²) in [5.74, 6) is 1.34. The van der Waals surface area contributed by atoms with E-state index in [2.05, 4.69) is 19.1 Å². The molecule has 0 aliphatic carbocycles. The van der Waals surface area contributed by atoms with Crippen LogP contribution in [0.25, 0.3) is 6.08 Å². The first-order valence-electron chi connectivity index (χ1n) is 9.11. The van der Waals surface area contributed by atoms with Crippen LogP contribution in [0, 0.1) is 0 Å². The molecule has 146 valence electrons. The number of rotatable bonds is 7. The monoisotopic (exact) mass is 413 g/mol. The second kappa shape index (κ2) is 9.26. The summed E-state index contributed by atoms with van der Waals surface area (Å²) in [6, 6.07) is 14.0. The Labute approximate surface area is 175 Å². The zero-order chi connectivity index (χ0) is 20.1. The van der Waals surface area contributed by atoms with Gasteiger partial charge in [0.15, 0.2) is 11.5 Å². The van der Waals surface area contributed by atoms with Gasteiger partial charge >= 0.3 is 0 Å². The second-order valence-corrected chi connectivity index (χ2v) is 8.04. The lowest BCUT2D eigenvalue weighted by Crippen LogP contribution is -2.30. The van der Waals surface area contributed by atoms with E-state index in [1.165, 1.54) is 17.3 Å². The molecular weight excluding hydrogens is 390 g/mol. The van der Waals surface area contributed by atoms with Crippen LogP contribution in [0.4, 0.5) is 0 Å². The number of hydrogen-bond acceptors (Lipinski definition) is 5. The Kier molecular flexibility index (Phi) is 6.75. The number of nitrogens with zero attached hydrogens (tertiary/aromatic N) is 1. The Morgan fingerprint density at radius 3 is 2.36 bits per heavy atom. The molecular formula is C22H23NO3S2. The zero-order valence-corrected chi connectivity index (χ0v) is 17.9. The van der Waals surface area contributed by atoms with Gasteiger partial charge in [0.05, 0.1) is 19.1 Å². The predicted molar refractivity (Wildman–Crippen MR) is 119 cm³/mol. The molecule has 1 aliphatic heterocycles. The molecule has 0 saturated carbocycles. The van der Waals surface area contributed by atoms with Gasteiger partial charge in [-0.05, 0) is 47.7 Å². The molecule has 2 aromatic rings. The van der Waals surface area contributed by atoms with Crippen molar-refractivity contribution in [3.05, 3.63) is 64.1 Å². The van der Waals surface area contributed by atoms with Gasteiger partial charge < -0.3 is 9.47 Å². The van der Waals surface area contributed by atoms with Crippen molar-refractivity contribution in [1.82, 2.24) is 4.90 Å². The Bertz CT molecular complexity index is 906. The first kappa shape index (κ1) is 20.4. The highest BCUT2D eigenvalue weighted by Crippen LogP contribution is 2.33. The van der Waals surface area contributed by atoms with E-state index < -0.39 is 0 Å². The SMILES string of the molecule is CCc1ccc(/C=C2\SC(=S)N(CCc3ccc(OC)c(OC)c3)C2=O)cc1. The fraction of sp³-hybridized carbons (Fsp3) is 0.273. The van der Waals surface area contributed by atoms with Crippen LogP contribution >= 0.6 is 24.0 Å². The lowest BCUT2D eigenvalue weighted by Gasteiger charge is -2.15. The highest BCUT2D eigenvalue weighted by molar-refractivity contribution is 8.26. The average molecular weight is 414 g/mol. The predicted octanol–water partition coefficient (Wildman–Crippen LogP) is 4.71. The number of methoxy groups -OCH3 is 2. The summed E-state index contributed by atoms with van der Waals surface area (Å²) in [6.07, 6.45) is 3.60. The summed E-state index contributed by atoms with van der Waals surface area (Å²) >= 11 is 6.80. The van der Waals surface area contributed by atoms with Crippen LogP contribution < -0.4 is 9.47 Å². The van der Waals surface area contributed by atoms with Gasteiger partial charge in [0, 0.05) is 6.54 Å². The van der Waals surface area contributed by atoms with E-state index in [1.54, 1.807) is 19.1 Å². The fourth-order valence-corrected chi connectivity index (χ4v) is 4.28. The van der Waals surface area contributed by atoms with Crippen molar-refractivity contribution in [3.8, 4) is 11.5 Å². The van der Waals surface area contributed by atoms with Gasteiger partial charge in [-0.15, -0.1) is 0 Å². The molecule has 1 saturated heterocycles. The number of amides is 1. The lowest BCUT2D eigenvalue weighted by atomic mass is 10.1. The van der Waals surface area contributed by atoms with E-state index >= 15 is 0 Å². The minimum atomic E-state index is -0.0324. The van der Waals surface area contributed by atoms with Crippen molar-refractivity contribution in [2.24, 2.45) is 0 Å². The highest BCUT2D eigenvalue weighted by atomic mass is 32.2. The molecule has 2 aromatic carbocycles. The van der Waals surface area contributed by atoms with E-state index in [9.17, 15) is 4.79 Å². The molecule has 0 spiro atoms. The maximum absolute atomic E-state index is 12.8. The summed E-state index contributed by atoms with van der Waals surface area (Å²) < 4.78 is 11.2. The van der Waals surface area contributed by atoms with Gasteiger partial charge in [-0.3, -0.25) is 9.69 Å². The average Bonchev–Trinajstić information content (AvgIpc) is 2.99. The van der Waals surface area contributed by atoms with Crippen molar-refractivity contribution < 1.29 is 14.3 Å². The topological polar surface area (TPSA) is 38.8 Å².